The van der Waals surface area contributed by atoms with Gasteiger partial charge in [-0.1, -0.05) is 29.8 Å². The third-order valence-corrected chi connectivity index (χ3v) is 6.43. The van der Waals surface area contributed by atoms with E-state index in [4.69, 9.17) is 11.6 Å². The number of hydrogen-bond donors (Lipinski definition) is 0. The summed E-state index contributed by atoms with van der Waals surface area (Å²) in [7, 11) is 0. The highest BCUT2D eigenvalue weighted by Crippen LogP contribution is 2.40. The zero-order valence-electron chi connectivity index (χ0n) is 15.1. The van der Waals surface area contributed by atoms with Crippen molar-refractivity contribution in [1.29, 1.82) is 0 Å². The van der Waals surface area contributed by atoms with Crippen molar-refractivity contribution in [2.24, 2.45) is 0 Å². The third kappa shape index (κ3) is 3.89. The van der Waals surface area contributed by atoms with Crippen LogP contribution in [0.15, 0.2) is 29.4 Å². The van der Waals surface area contributed by atoms with Gasteiger partial charge in [-0.15, -0.1) is 10.2 Å². The SMILES string of the molecule is Cc1nnc(S[C@@H]2CCCCN(C(=O)c3ccc(Cl)cc3)C2=O)n1C1CC1. The third-order valence-electron chi connectivity index (χ3n) is 4.97. The average Bonchev–Trinajstić information content (AvgIpc) is 3.45. The number of carbonyl (C=O) groups is 2. The minimum Gasteiger partial charge on any atom is -0.303 e. The van der Waals surface area contributed by atoms with Gasteiger partial charge in [-0.05, 0) is 56.9 Å². The number of aromatic nitrogens is 3. The molecule has 0 unspecified atom stereocenters. The van der Waals surface area contributed by atoms with Gasteiger partial charge in [0.25, 0.3) is 5.91 Å². The van der Waals surface area contributed by atoms with Gasteiger partial charge in [0.2, 0.25) is 5.91 Å². The first kappa shape index (κ1) is 18.5. The quantitative estimate of drug-likeness (QED) is 0.723. The Morgan fingerprint density at radius 2 is 1.89 bits per heavy atom. The molecule has 0 N–H and O–H groups in total. The molecule has 2 fully saturated rings. The molecule has 1 aromatic heterocycles. The standard InChI is InChI=1S/C19H21ClN4O2S/c1-12-21-22-19(24(12)15-9-10-15)27-16-4-2-3-11-23(18(16)26)17(25)13-5-7-14(20)8-6-13/h5-8,15-16H,2-4,9-11H2,1H3/t16-/m1/s1. The molecule has 0 radical (unpaired) electrons. The minimum atomic E-state index is -0.315. The van der Waals surface area contributed by atoms with E-state index in [1.807, 2.05) is 6.92 Å². The normalized spacial score (nSPS) is 20.6. The molecule has 27 heavy (non-hydrogen) atoms. The predicted octanol–water partition coefficient (Wildman–Crippen LogP) is 3.89. The maximum Gasteiger partial charge on any atom is 0.260 e. The fourth-order valence-corrected chi connectivity index (χ4v) is 4.75. The summed E-state index contributed by atoms with van der Waals surface area (Å²) in [5.74, 6) is 0.486. The number of aryl methyl sites for hydroxylation is 1. The van der Waals surface area contributed by atoms with E-state index in [1.165, 1.54) is 16.7 Å². The highest BCUT2D eigenvalue weighted by molar-refractivity contribution is 8.00. The molecule has 6 nitrogen and oxygen atoms in total. The molecule has 2 heterocycles. The van der Waals surface area contributed by atoms with Crippen LogP contribution in [0.5, 0.6) is 0 Å². The fourth-order valence-electron chi connectivity index (χ4n) is 3.38. The number of imide groups is 1. The zero-order chi connectivity index (χ0) is 19.0. The van der Waals surface area contributed by atoms with Gasteiger partial charge in [0.1, 0.15) is 5.82 Å². The van der Waals surface area contributed by atoms with Gasteiger partial charge in [0, 0.05) is 23.2 Å². The molecule has 1 atom stereocenters. The lowest BCUT2D eigenvalue weighted by molar-refractivity contribution is -0.127. The number of benzene rings is 1. The molecule has 2 aliphatic rings. The monoisotopic (exact) mass is 404 g/mol. The second-order valence-corrected chi connectivity index (χ2v) is 8.64. The lowest BCUT2D eigenvalue weighted by atomic mass is 10.2. The molecular weight excluding hydrogens is 384 g/mol. The second-order valence-electron chi connectivity index (χ2n) is 7.04. The summed E-state index contributed by atoms with van der Waals surface area (Å²) in [6, 6.07) is 7.13. The van der Waals surface area contributed by atoms with Crippen molar-refractivity contribution >= 4 is 35.2 Å². The van der Waals surface area contributed by atoms with Gasteiger partial charge in [0.05, 0.1) is 5.25 Å². The summed E-state index contributed by atoms with van der Waals surface area (Å²) in [5.41, 5.74) is 0.482. The van der Waals surface area contributed by atoms with Crippen LogP contribution in [0.4, 0.5) is 0 Å². The van der Waals surface area contributed by atoms with Crippen molar-refractivity contribution in [2.75, 3.05) is 6.54 Å². The molecule has 8 heteroatoms. The highest BCUT2D eigenvalue weighted by atomic mass is 35.5. The van der Waals surface area contributed by atoms with E-state index in [2.05, 4.69) is 14.8 Å². The molecule has 2 aromatic rings. The largest absolute Gasteiger partial charge is 0.303 e. The van der Waals surface area contributed by atoms with Crippen LogP contribution in [0.3, 0.4) is 0 Å². The number of carbonyl (C=O) groups excluding carboxylic acids is 2. The van der Waals surface area contributed by atoms with Crippen LogP contribution in [0, 0.1) is 6.92 Å². The fraction of sp³-hybridized carbons (Fsp3) is 0.474. The first-order chi connectivity index (χ1) is 13.0. The molecule has 1 aliphatic heterocycles. The Bertz CT molecular complexity index is 863. The number of rotatable bonds is 4. The molecule has 1 aliphatic carbocycles. The van der Waals surface area contributed by atoms with Crippen LogP contribution in [-0.2, 0) is 4.79 Å². The van der Waals surface area contributed by atoms with Gasteiger partial charge in [-0.3, -0.25) is 14.5 Å². The highest BCUT2D eigenvalue weighted by Gasteiger charge is 2.35. The molecular formula is C19H21ClN4O2S. The molecule has 1 saturated heterocycles. The number of likely N-dealkylation sites (tertiary alicyclic amines) is 1. The molecule has 0 bridgehead atoms. The Balaban J connectivity index is 1.54. The Hall–Kier alpha value is -1.86. The van der Waals surface area contributed by atoms with Crippen molar-refractivity contribution in [1.82, 2.24) is 19.7 Å². The van der Waals surface area contributed by atoms with Crippen LogP contribution >= 0.6 is 23.4 Å². The topological polar surface area (TPSA) is 68.1 Å². The predicted molar refractivity (Wildman–Crippen MR) is 104 cm³/mol. The number of amides is 2. The van der Waals surface area contributed by atoms with Gasteiger partial charge < -0.3 is 4.57 Å². The summed E-state index contributed by atoms with van der Waals surface area (Å²) >= 11 is 7.35. The van der Waals surface area contributed by atoms with Gasteiger partial charge >= 0.3 is 0 Å². The first-order valence-electron chi connectivity index (χ1n) is 9.24. The van der Waals surface area contributed by atoms with Crippen molar-refractivity contribution in [3.05, 3.63) is 40.7 Å². The number of nitrogens with zero attached hydrogens (tertiary/aromatic N) is 4. The Morgan fingerprint density at radius 3 is 2.59 bits per heavy atom. The van der Waals surface area contributed by atoms with Crippen LogP contribution < -0.4 is 0 Å². The Labute approximate surface area is 167 Å². The maximum absolute atomic E-state index is 13.1. The van der Waals surface area contributed by atoms with Crippen LogP contribution in [0.2, 0.25) is 5.02 Å². The van der Waals surface area contributed by atoms with E-state index in [-0.39, 0.29) is 17.1 Å². The molecule has 1 aromatic carbocycles. The van der Waals surface area contributed by atoms with Gasteiger partial charge in [0.15, 0.2) is 5.16 Å². The molecule has 142 valence electrons. The van der Waals surface area contributed by atoms with Crippen LogP contribution in [0.25, 0.3) is 0 Å². The molecule has 0 spiro atoms. The summed E-state index contributed by atoms with van der Waals surface area (Å²) in [4.78, 5) is 27.4. The smallest absolute Gasteiger partial charge is 0.260 e. The van der Waals surface area contributed by atoms with Crippen molar-refractivity contribution in [2.45, 2.75) is 55.5 Å². The van der Waals surface area contributed by atoms with E-state index in [1.54, 1.807) is 24.3 Å². The van der Waals surface area contributed by atoms with E-state index in [0.29, 0.717) is 23.2 Å². The number of hydrogen-bond acceptors (Lipinski definition) is 5. The Kier molecular flexibility index (Phi) is 5.23. The Morgan fingerprint density at radius 1 is 1.15 bits per heavy atom. The van der Waals surface area contributed by atoms with Gasteiger partial charge in [-0.25, -0.2) is 0 Å². The lowest BCUT2D eigenvalue weighted by Crippen LogP contribution is -2.41. The van der Waals surface area contributed by atoms with Crippen LogP contribution in [-0.4, -0.2) is 43.3 Å². The summed E-state index contributed by atoms with van der Waals surface area (Å²) in [6.07, 6.45) is 4.73. The summed E-state index contributed by atoms with van der Waals surface area (Å²) < 4.78 is 2.13. The van der Waals surface area contributed by atoms with E-state index >= 15 is 0 Å². The molecule has 2 amide bonds. The maximum atomic E-state index is 13.1. The van der Waals surface area contributed by atoms with Gasteiger partial charge in [-0.2, -0.15) is 0 Å². The number of thioether (sulfide) groups is 1. The molecule has 4 rings (SSSR count). The summed E-state index contributed by atoms with van der Waals surface area (Å²) in [5, 5.41) is 9.51. The van der Waals surface area contributed by atoms with Crippen molar-refractivity contribution in [3.8, 4) is 0 Å². The second kappa shape index (κ2) is 7.64. The average molecular weight is 405 g/mol. The van der Waals surface area contributed by atoms with E-state index in [0.717, 1.165) is 43.1 Å². The zero-order valence-corrected chi connectivity index (χ0v) is 16.7. The minimum absolute atomic E-state index is 0.138. The van der Waals surface area contributed by atoms with Crippen molar-refractivity contribution in [3.63, 3.8) is 0 Å². The number of halogens is 1. The van der Waals surface area contributed by atoms with Crippen LogP contribution in [0.1, 0.15) is 54.3 Å². The molecule has 1 saturated carbocycles. The van der Waals surface area contributed by atoms with Crippen molar-refractivity contribution < 1.29 is 9.59 Å². The van der Waals surface area contributed by atoms with E-state index < -0.39 is 0 Å². The summed E-state index contributed by atoms with van der Waals surface area (Å²) in [6.45, 7) is 2.40. The first-order valence-corrected chi connectivity index (χ1v) is 10.5. The van der Waals surface area contributed by atoms with E-state index in [9.17, 15) is 9.59 Å². The lowest BCUT2D eigenvalue weighted by Gasteiger charge is -2.22.